The minimum Gasteiger partial charge on any atom is -0.508 e. The Hall–Kier alpha value is -2.03. The molecule has 0 bridgehead atoms. The van der Waals surface area contributed by atoms with E-state index in [9.17, 15) is 9.90 Å². The first kappa shape index (κ1) is 10.5. The van der Waals surface area contributed by atoms with Gasteiger partial charge in [0.25, 0.3) is 0 Å². The molecular formula is C13H13NO2. The molecule has 3 heteroatoms. The van der Waals surface area contributed by atoms with Gasteiger partial charge >= 0.3 is 0 Å². The van der Waals surface area contributed by atoms with Crippen LogP contribution in [-0.2, 0) is 7.05 Å². The summed E-state index contributed by atoms with van der Waals surface area (Å²) in [6.07, 6.45) is 0. The van der Waals surface area contributed by atoms with E-state index >= 15 is 0 Å². The molecule has 0 radical (unpaired) electrons. The highest BCUT2D eigenvalue weighted by Crippen LogP contribution is 2.23. The summed E-state index contributed by atoms with van der Waals surface area (Å²) in [5, 5.41) is 9.22. The third-order valence-electron chi connectivity index (χ3n) is 2.79. The first-order valence-corrected chi connectivity index (χ1v) is 5.05. The number of phenols is 1. The minimum atomic E-state index is -0.0139. The average molecular weight is 215 g/mol. The largest absolute Gasteiger partial charge is 0.508 e. The highest BCUT2D eigenvalue weighted by Gasteiger charge is 2.04. The molecule has 0 aliphatic heterocycles. The molecule has 0 atom stereocenters. The highest BCUT2D eigenvalue weighted by atomic mass is 16.3. The Morgan fingerprint density at radius 1 is 1.06 bits per heavy atom. The maximum absolute atomic E-state index is 11.4. The molecule has 0 amide bonds. The van der Waals surface area contributed by atoms with Crippen LogP contribution in [-0.4, -0.2) is 9.67 Å². The van der Waals surface area contributed by atoms with Crippen molar-refractivity contribution >= 4 is 0 Å². The van der Waals surface area contributed by atoms with Crippen molar-refractivity contribution in [1.29, 1.82) is 0 Å². The van der Waals surface area contributed by atoms with Crippen LogP contribution in [0.3, 0.4) is 0 Å². The van der Waals surface area contributed by atoms with E-state index in [2.05, 4.69) is 0 Å². The first-order chi connectivity index (χ1) is 7.59. The molecule has 16 heavy (non-hydrogen) atoms. The van der Waals surface area contributed by atoms with Crippen LogP contribution in [0.15, 0.2) is 41.2 Å². The predicted octanol–water partition coefficient (Wildman–Crippen LogP) is 2.07. The summed E-state index contributed by atoms with van der Waals surface area (Å²) in [7, 11) is 1.75. The van der Waals surface area contributed by atoms with Crippen molar-refractivity contribution in [2.45, 2.75) is 6.92 Å². The van der Waals surface area contributed by atoms with Gasteiger partial charge in [0.1, 0.15) is 5.75 Å². The van der Waals surface area contributed by atoms with Gasteiger partial charge in [0, 0.05) is 24.4 Å². The zero-order valence-corrected chi connectivity index (χ0v) is 9.27. The molecule has 82 valence electrons. The number of aromatic nitrogens is 1. The molecule has 2 rings (SSSR count). The summed E-state index contributed by atoms with van der Waals surface area (Å²) < 4.78 is 1.61. The van der Waals surface area contributed by atoms with Gasteiger partial charge in [-0.05, 0) is 30.7 Å². The van der Waals surface area contributed by atoms with Crippen LogP contribution in [0.1, 0.15) is 5.69 Å². The van der Waals surface area contributed by atoms with Crippen LogP contribution in [0, 0.1) is 6.92 Å². The molecule has 1 aromatic heterocycles. The van der Waals surface area contributed by atoms with Gasteiger partial charge in [0.15, 0.2) is 0 Å². The Balaban J connectivity index is 2.61. The summed E-state index contributed by atoms with van der Waals surface area (Å²) in [6, 6.07) is 10.3. The molecule has 0 unspecified atom stereocenters. The van der Waals surface area contributed by atoms with E-state index in [-0.39, 0.29) is 11.3 Å². The second-order valence-electron chi connectivity index (χ2n) is 3.78. The number of phenolic OH excluding ortho intramolecular Hbond substituents is 1. The van der Waals surface area contributed by atoms with E-state index in [0.29, 0.717) is 0 Å². The fourth-order valence-electron chi connectivity index (χ4n) is 1.68. The topological polar surface area (TPSA) is 42.2 Å². The van der Waals surface area contributed by atoms with Crippen molar-refractivity contribution in [2.75, 3.05) is 0 Å². The van der Waals surface area contributed by atoms with Gasteiger partial charge in [0.05, 0.1) is 0 Å². The van der Waals surface area contributed by atoms with Crippen molar-refractivity contribution < 1.29 is 5.11 Å². The number of hydrogen-bond acceptors (Lipinski definition) is 2. The maximum Gasteiger partial charge on any atom is 0.250 e. The van der Waals surface area contributed by atoms with Crippen molar-refractivity contribution in [3.8, 4) is 16.9 Å². The van der Waals surface area contributed by atoms with E-state index in [0.717, 1.165) is 16.8 Å². The second-order valence-corrected chi connectivity index (χ2v) is 3.78. The highest BCUT2D eigenvalue weighted by molar-refractivity contribution is 5.66. The van der Waals surface area contributed by atoms with E-state index < -0.39 is 0 Å². The van der Waals surface area contributed by atoms with Gasteiger partial charge < -0.3 is 9.67 Å². The summed E-state index contributed by atoms with van der Waals surface area (Å²) in [6.45, 7) is 1.91. The number of hydrogen-bond donors (Lipinski definition) is 1. The summed E-state index contributed by atoms with van der Waals surface area (Å²) in [4.78, 5) is 11.4. The zero-order chi connectivity index (χ0) is 11.7. The minimum absolute atomic E-state index is 0.0139. The number of benzene rings is 1. The van der Waals surface area contributed by atoms with E-state index in [1.54, 1.807) is 29.8 Å². The smallest absolute Gasteiger partial charge is 0.250 e. The lowest BCUT2D eigenvalue weighted by atomic mass is 10.0. The Kier molecular flexibility index (Phi) is 2.52. The first-order valence-electron chi connectivity index (χ1n) is 5.05. The number of rotatable bonds is 1. The summed E-state index contributed by atoms with van der Waals surface area (Å²) in [5.41, 5.74) is 2.89. The van der Waals surface area contributed by atoms with Gasteiger partial charge in [-0.2, -0.15) is 0 Å². The van der Waals surface area contributed by atoms with Crippen molar-refractivity contribution in [3.05, 3.63) is 52.4 Å². The zero-order valence-electron chi connectivity index (χ0n) is 9.27. The molecule has 1 aromatic carbocycles. The quantitative estimate of drug-likeness (QED) is 0.791. The van der Waals surface area contributed by atoms with Gasteiger partial charge in [0.2, 0.25) is 5.56 Å². The van der Waals surface area contributed by atoms with Crippen LogP contribution in [0.4, 0.5) is 0 Å². The van der Waals surface area contributed by atoms with Crippen LogP contribution in [0.5, 0.6) is 5.75 Å². The molecular weight excluding hydrogens is 202 g/mol. The molecule has 1 heterocycles. The average Bonchev–Trinajstić information content (AvgIpc) is 2.28. The molecule has 0 spiro atoms. The van der Waals surface area contributed by atoms with Crippen molar-refractivity contribution in [2.24, 2.45) is 7.05 Å². The van der Waals surface area contributed by atoms with Crippen molar-refractivity contribution in [3.63, 3.8) is 0 Å². The van der Waals surface area contributed by atoms with Crippen LogP contribution >= 0.6 is 0 Å². The third-order valence-corrected chi connectivity index (χ3v) is 2.79. The van der Waals surface area contributed by atoms with Crippen LogP contribution < -0.4 is 5.56 Å². The Labute approximate surface area is 93.6 Å². The van der Waals surface area contributed by atoms with Gasteiger partial charge in [-0.25, -0.2) is 0 Å². The molecule has 0 aliphatic carbocycles. The molecule has 3 nitrogen and oxygen atoms in total. The fourth-order valence-corrected chi connectivity index (χ4v) is 1.68. The Morgan fingerprint density at radius 3 is 2.31 bits per heavy atom. The monoisotopic (exact) mass is 215 g/mol. The van der Waals surface area contributed by atoms with E-state index in [1.165, 1.54) is 0 Å². The standard InChI is InChI=1S/C13H13NO2/c1-9-12(7-8-13(16)14(9)2)10-3-5-11(15)6-4-10/h3-8,15H,1-2H3. The summed E-state index contributed by atoms with van der Waals surface area (Å²) >= 11 is 0. The number of aromatic hydroxyl groups is 1. The third kappa shape index (κ3) is 1.72. The molecule has 0 fully saturated rings. The molecule has 1 N–H and O–H groups in total. The van der Waals surface area contributed by atoms with Gasteiger partial charge in [-0.15, -0.1) is 0 Å². The predicted molar refractivity (Wildman–Crippen MR) is 63.5 cm³/mol. The Bertz CT molecular complexity index is 567. The molecule has 0 aliphatic rings. The lowest BCUT2D eigenvalue weighted by molar-refractivity contribution is 0.475. The summed E-state index contributed by atoms with van der Waals surface area (Å²) in [5.74, 6) is 0.242. The fraction of sp³-hybridized carbons (Fsp3) is 0.154. The van der Waals surface area contributed by atoms with Crippen LogP contribution in [0.2, 0.25) is 0 Å². The van der Waals surface area contributed by atoms with E-state index in [1.807, 2.05) is 25.1 Å². The normalized spacial score (nSPS) is 10.4. The molecule has 2 aromatic rings. The molecule has 0 saturated heterocycles. The molecule has 0 saturated carbocycles. The lowest BCUT2D eigenvalue weighted by Gasteiger charge is -2.09. The second kappa shape index (κ2) is 3.85. The maximum atomic E-state index is 11.4. The lowest BCUT2D eigenvalue weighted by Crippen LogP contribution is -2.17. The van der Waals surface area contributed by atoms with Gasteiger partial charge in [-0.1, -0.05) is 12.1 Å². The van der Waals surface area contributed by atoms with Gasteiger partial charge in [-0.3, -0.25) is 4.79 Å². The number of pyridine rings is 1. The Morgan fingerprint density at radius 2 is 1.69 bits per heavy atom. The SMILES string of the molecule is Cc1c(-c2ccc(O)cc2)ccc(=O)n1C. The van der Waals surface area contributed by atoms with Crippen molar-refractivity contribution in [1.82, 2.24) is 4.57 Å². The van der Waals surface area contributed by atoms with E-state index in [4.69, 9.17) is 0 Å². The van der Waals surface area contributed by atoms with Crippen LogP contribution in [0.25, 0.3) is 11.1 Å². The number of nitrogens with zero attached hydrogens (tertiary/aromatic N) is 1.